The first-order valence-electron chi connectivity index (χ1n) is 28.4. The minimum Gasteiger partial charge on any atom is -0.462 e. The number of hydrogen-bond acceptors (Lipinski definition) is 6. The van der Waals surface area contributed by atoms with E-state index in [0.29, 0.717) is 19.3 Å². The van der Waals surface area contributed by atoms with Crippen molar-refractivity contribution in [3.8, 4) is 0 Å². The molecule has 0 unspecified atom stereocenters. The topological polar surface area (TPSA) is 78.9 Å². The minimum absolute atomic E-state index is 0.0621. The summed E-state index contributed by atoms with van der Waals surface area (Å²) < 4.78 is 16.9. The van der Waals surface area contributed by atoms with Crippen molar-refractivity contribution in [2.24, 2.45) is 5.92 Å². The Bertz CT molecular complexity index is 949. The Morgan fingerprint density at radius 1 is 0.302 bits per heavy atom. The van der Waals surface area contributed by atoms with Crippen LogP contribution in [-0.4, -0.2) is 37.2 Å². The molecule has 1 atom stereocenters. The van der Waals surface area contributed by atoms with Gasteiger partial charge in [0.05, 0.1) is 0 Å². The summed E-state index contributed by atoms with van der Waals surface area (Å²) in [4.78, 5) is 38.1. The number of esters is 3. The van der Waals surface area contributed by atoms with Gasteiger partial charge in [-0.1, -0.05) is 285 Å². The van der Waals surface area contributed by atoms with Gasteiger partial charge in [0.1, 0.15) is 13.2 Å². The first-order valence-corrected chi connectivity index (χ1v) is 28.4. The first-order chi connectivity index (χ1) is 30.9. The van der Waals surface area contributed by atoms with Crippen LogP contribution >= 0.6 is 0 Å². The second-order valence-electron chi connectivity index (χ2n) is 20.1. The standard InChI is InChI=1S/C57H110O6/c1-5-7-9-11-13-15-17-19-20-21-22-23-24-29-33-37-41-45-49-56(59)62-52-54(51-61-55(58)48-44-40-36-32-28-18-16-14-12-10-8-6-2)63-57(60)50-46-42-38-34-30-26-25-27-31-35-39-43-47-53(3)4/h53-54H,5-52H2,1-4H3/t54-/m1/s1. The molecule has 0 aliphatic rings. The molecule has 0 saturated carbocycles. The summed E-state index contributed by atoms with van der Waals surface area (Å²) in [6.07, 6.45) is 55.2. The fraction of sp³-hybridized carbons (Fsp3) is 0.947. The largest absolute Gasteiger partial charge is 0.462 e. The maximum absolute atomic E-state index is 12.8. The van der Waals surface area contributed by atoms with E-state index in [9.17, 15) is 14.4 Å². The highest BCUT2D eigenvalue weighted by atomic mass is 16.6. The average Bonchev–Trinajstić information content (AvgIpc) is 3.27. The molecule has 63 heavy (non-hydrogen) atoms. The fourth-order valence-corrected chi connectivity index (χ4v) is 8.75. The fourth-order valence-electron chi connectivity index (χ4n) is 8.75. The Balaban J connectivity index is 4.27. The van der Waals surface area contributed by atoms with Gasteiger partial charge in [-0.3, -0.25) is 14.4 Å². The Hall–Kier alpha value is -1.59. The van der Waals surface area contributed by atoms with Crippen molar-refractivity contribution in [1.29, 1.82) is 0 Å². The lowest BCUT2D eigenvalue weighted by Crippen LogP contribution is -2.30. The van der Waals surface area contributed by atoms with Crippen LogP contribution in [0, 0.1) is 5.92 Å². The van der Waals surface area contributed by atoms with Crippen molar-refractivity contribution in [1.82, 2.24) is 0 Å². The van der Waals surface area contributed by atoms with Crippen molar-refractivity contribution in [2.45, 2.75) is 329 Å². The zero-order chi connectivity index (χ0) is 45.9. The van der Waals surface area contributed by atoms with Gasteiger partial charge in [0.15, 0.2) is 6.10 Å². The second kappa shape index (κ2) is 51.4. The molecule has 0 radical (unpaired) electrons. The molecule has 0 aromatic heterocycles. The van der Waals surface area contributed by atoms with Gasteiger partial charge in [-0.25, -0.2) is 0 Å². The average molecular weight is 892 g/mol. The SMILES string of the molecule is CCCCCCCCCCCCCCCCCCCCC(=O)OC[C@@H](COC(=O)CCCCCCCCCCCCCC)OC(=O)CCCCCCCCCCCCCCC(C)C. The number of carbonyl (C=O) groups is 3. The van der Waals surface area contributed by atoms with E-state index in [2.05, 4.69) is 27.7 Å². The van der Waals surface area contributed by atoms with Crippen molar-refractivity contribution in [2.75, 3.05) is 13.2 Å². The van der Waals surface area contributed by atoms with Gasteiger partial charge >= 0.3 is 17.9 Å². The van der Waals surface area contributed by atoms with Crippen LogP contribution in [0.2, 0.25) is 0 Å². The van der Waals surface area contributed by atoms with E-state index in [1.54, 1.807) is 0 Å². The van der Waals surface area contributed by atoms with Crippen LogP contribution in [0.15, 0.2) is 0 Å². The quantitative estimate of drug-likeness (QED) is 0.0344. The summed E-state index contributed by atoms with van der Waals surface area (Å²) in [6.45, 7) is 9.05. The highest BCUT2D eigenvalue weighted by Crippen LogP contribution is 2.18. The molecule has 0 heterocycles. The van der Waals surface area contributed by atoms with E-state index < -0.39 is 6.10 Å². The van der Waals surface area contributed by atoms with Crippen molar-refractivity contribution >= 4 is 17.9 Å². The molecule has 0 rings (SSSR count). The number of carbonyl (C=O) groups excluding carboxylic acids is 3. The molecule has 374 valence electrons. The third kappa shape index (κ3) is 51.3. The summed E-state index contributed by atoms with van der Waals surface area (Å²) >= 11 is 0. The third-order valence-corrected chi connectivity index (χ3v) is 13.0. The third-order valence-electron chi connectivity index (χ3n) is 13.0. The lowest BCUT2D eigenvalue weighted by molar-refractivity contribution is -0.167. The molecular formula is C57H110O6. The number of hydrogen-bond donors (Lipinski definition) is 0. The molecule has 0 aliphatic heterocycles. The normalized spacial score (nSPS) is 12.0. The molecule has 0 N–H and O–H groups in total. The molecule has 0 saturated heterocycles. The van der Waals surface area contributed by atoms with Gasteiger partial charge in [0.2, 0.25) is 0 Å². The van der Waals surface area contributed by atoms with Gasteiger partial charge in [0, 0.05) is 19.3 Å². The van der Waals surface area contributed by atoms with Crippen LogP contribution in [0.1, 0.15) is 323 Å². The summed E-state index contributed by atoms with van der Waals surface area (Å²) in [5, 5.41) is 0. The predicted molar refractivity (Wildman–Crippen MR) is 270 cm³/mol. The van der Waals surface area contributed by atoms with Crippen molar-refractivity contribution in [3.63, 3.8) is 0 Å². The maximum atomic E-state index is 12.8. The van der Waals surface area contributed by atoms with E-state index in [1.165, 1.54) is 218 Å². The smallest absolute Gasteiger partial charge is 0.306 e. The molecule has 0 spiro atoms. The number of unbranched alkanes of at least 4 members (excludes halogenated alkanes) is 39. The Morgan fingerprint density at radius 3 is 0.778 bits per heavy atom. The van der Waals surface area contributed by atoms with E-state index in [1.807, 2.05) is 0 Å². The zero-order valence-corrected chi connectivity index (χ0v) is 43.0. The lowest BCUT2D eigenvalue weighted by Gasteiger charge is -2.18. The van der Waals surface area contributed by atoms with Crippen molar-refractivity contribution in [3.05, 3.63) is 0 Å². The Morgan fingerprint density at radius 2 is 0.524 bits per heavy atom. The van der Waals surface area contributed by atoms with Crippen LogP contribution in [0.25, 0.3) is 0 Å². The molecule has 0 aliphatic carbocycles. The van der Waals surface area contributed by atoms with E-state index in [-0.39, 0.29) is 31.1 Å². The van der Waals surface area contributed by atoms with Crippen LogP contribution in [0.3, 0.4) is 0 Å². The monoisotopic (exact) mass is 891 g/mol. The van der Waals surface area contributed by atoms with Gasteiger partial charge in [0.25, 0.3) is 0 Å². The molecule has 0 bridgehead atoms. The Labute approximate surface area is 393 Å². The zero-order valence-electron chi connectivity index (χ0n) is 43.0. The molecule has 0 aromatic rings. The molecule has 0 amide bonds. The van der Waals surface area contributed by atoms with Gasteiger partial charge in [-0.15, -0.1) is 0 Å². The highest BCUT2D eigenvalue weighted by molar-refractivity contribution is 5.71. The van der Waals surface area contributed by atoms with Crippen LogP contribution in [0.4, 0.5) is 0 Å². The first kappa shape index (κ1) is 61.4. The summed E-state index contributed by atoms with van der Waals surface area (Å²) in [5.41, 5.74) is 0. The molecule has 0 aromatic carbocycles. The lowest BCUT2D eigenvalue weighted by atomic mass is 10.0. The summed E-state index contributed by atoms with van der Waals surface area (Å²) in [6, 6.07) is 0. The van der Waals surface area contributed by atoms with Crippen LogP contribution in [-0.2, 0) is 28.6 Å². The molecule has 6 heteroatoms. The Kier molecular flexibility index (Phi) is 50.1. The van der Waals surface area contributed by atoms with Gasteiger partial charge < -0.3 is 14.2 Å². The second-order valence-corrected chi connectivity index (χ2v) is 20.1. The molecule has 6 nitrogen and oxygen atoms in total. The van der Waals surface area contributed by atoms with Crippen LogP contribution in [0.5, 0.6) is 0 Å². The van der Waals surface area contributed by atoms with E-state index >= 15 is 0 Å². The summed E-state index contributed by atoms with van der Waals surface area (Å²) in [5.74, 6) is -0.00558. The predicted octanol–water partition coefficient (Wildman–Crippen LogP) is 18.6. The van der Waals surface area contributed by atoms with Crippen LogP contribution < -0.4 is 0 Å². The summed E-state index contributed by atoms with van der Waals surface area (Å²) in [7, 11) is 0. The minimum atomic E-state index is -0.761. The van der Waals surface area contributed by atoms with E-state index in [0.717, 1.165) is 63.7 Å². The van der Waals surface area contributed by atoms with E-state index in [4.69, 9.17) is 14.2 Å². The number of ether oxygens (including phenoxy) is 3. The maximum Gasteiger partial charge on any atom is 0.306 e. The molecular weight excluding hydrogens is 781 g/mol. The van der Waals surface area contributed by atoms with Crippen molar-refractivity contribution < 1.29 is 28.6 Å². The molecule has 0 fully saturated rings. The van der Waals surface area contributed by atoms with Gasteiger partial charge in [-0.2, -0.15) is 0 Å². The highest BCUT2D eigenvalue weighted by Gasteiger charge is 2.19. The number of rotatable bonds is 52. The van der Waals surface area contributed by atoms with Gasteiger partial charge in [-0.05, 0) is 25.2 Å².